The molecule has 0 aliphatic rings. The Morgan fingerprint density at radius 1 is 1.38 bits per heavy atom. The lowest BCUT2D eigenvalue weighted by molar-refractivity contribution is 0.513. The molecule has 16 heavy (non-hydrogen) atoms. The summed E-state index contributed by atoms with van der Waals surface area (Å²) < 4.78 is 7.57. The Morgan fingerprint density at radius 3 is 2.94 bits per heavy atom. The van der Waals surface area contributed by atoms with Crippen molar-refractivity contribution in [1.82, 2.24) is 10.2 Å². The first-order valence-corrected chi connectivity index (χ1v) is 6.95. The lowest BCUT2D eigenvalue weighted by atomic mass is 10.2. The zero-order chi connectivity index (χ0) is 11.5. The summed E-state index contributed by atoms with van der Waals surface area (Å²) in [6.07, 6.45) is 0.596. The van der Waals surface area contributed by atoms with Gasteiger partial charge >= 0.3 is 0 Å². The van der Waals surface area contributed by atoms with Crippen LogP contribution in [0.1, 0.15) is 5.89 Å². The van der Waals surface area contributed by atoms with Gasteiger partial charge in [0, 0.05) is 20.3 Å². The van der Waals surface area contributed by atoms with Gasteiger partial charge in [-0.05, 0) is 40.8 Å². The first kappa shape index (κ1) is 12.3. The van der Waals surface area contributed by atoms with Crippen LogP contribution in [0.15, 0.2) is 27.1 Å². The van der Waals surface area contributed by atoms with Gasteiger partial charge in [0.15, 0.2) is 0 Å². The van der Waals surface area contributed by atoms with Gasteiger partial charge in [0.25, 0.3) is 0 Å². The standard InChI is InChI=1S/C10H7BrClIN2O/c11-6-1-2-8(13)7(5-6)10-15-14-9(16-10)3-4-12/h1-2,5H,3-4H2. The minimum Gasteiger partial charge on any atom is -0.421 e. The summed E-state index contributed by atoms with van der Waals surface area (Å²) in [5, 5.41) is 7.94. The molecule has 2 aromatic rings. The molecule has 2 rings (SSSR count). The Balaban J connectivity index is 2.38. The minimum atomic E-state index is 0.483. The fourth-order valence-electron chi connectivity index (χ4n) is 1.21. The summed E-state index contributed by atoms with van der Waals surface area (Å²) in [5.74, 6) is 1.59. The zero-order valence-corrected chi connectivity index (χ0v) is 12.6. The summed E-state index contributed by atoms with van der Waals surface area (Å²) in [7, 11) is 0. The molecule has 0 spiro atoms. The number of aryl methyl sites for hydroxylation is 1. The van der Waals surface area contributed by atoms with E-state index >= 15 is 0 Å². The first-order chi connectivity index (χ1) is 7.70. The van der Waals surface area contributed by atoms with Crippen molar-refractivity contribution in [3.05, 3.63) is 32.1 Å². The molecular formula is C10H7BrClIN2O. The number of nitrogens with zero attached hydrogens (tertiary/aromatic N) is 2. The van der Waals surface area contributed by atoms with E-state index in [0.29, 0.717) is 24.1 Å². The Morgan fingerprint density at radius 2 is 2.19 bits per heavy atom. The number of halogens is 3. The second-order valence-corrected chi connectivity index (χ2v) is 5.52. The molecule has 0 bridgehead atoms. The Kier molecular flexibility index (Phi) is 4.21. The lowest BCUT2D eigenvalue weighted by Gasteiger charge is -1.99. The number of rotatable bonds is 3. The molecule has 84 valence electrons. The van der Waals surface area contributed by atoms with E-state index in [1.165, 1.54) is 0 Å². The third-order valence-corrected chi connectivity index (χ3v) is 3.56. The van der Waals surface area contributed by atoms with Crippen LogP contribution in [-0.2, 0) is 6.42 Å². The van der Waals surface area contributed by atoms with Crippen LogP contribution in [0.2, 0.25) is 0 Å². The van der Waals surface area contributed by atoms with Gasteiger partial charge in [0.2, 0.25) is 11.8 Å². The van der Waals surface area contributed by atoms with Crippen molar-refractivity contribution >= 4 is 50.1 Å². The fraction of sp³-hybridized carbons (Fsp3) is 0.200. The molecule has 0 aliphatic carbocycles. The van der Waals surface area contributed by atoms with E-state index in [0.717, 1.165) is 13.6 Å². The summed E-state index contributed by atoms with van der Waals surface area (Å²) in [6.45, 7) is 0. The molecule has 0 unspecified atom stereocenters. The van der Waals surface area contributed by atoms with E-state index in [2.05, 4.69) is 48.7 Å². The molecule has 1 aromatic heterocycles. The number of hydrogen-bond donors (Lipinski definition) is 0. The van der Waals surface area contributed by atoms with Crippen LogP contribution in [0.3, 0.4) is 0 Å². The Labute approximate surface area is 120 Å². The van der Waals surface area contributed by atoms with E-state index in [4.69, 9.17) is 16.0 Å². The van der Waals surface area contributed by atoms with Gasteiger partial charge in [0.05, 0.1) is 5.56 Å². The molecule has 1 heterocycles. The summed E-state index contributed by atoms with van der Waals surface area (Å²) in [5.41, 5.74) is 0.934. The van der Waals surface area contributed by atoms with Crippen LogP contribution < -0.4 is 0 Å². The quantitative estimate of drug-likeness (QED) is 0.566. The molecule has 0 N–H and O–H groups in total. The maximum atomic E-state index is 5.61. The van der Waals surface area contributed by atoms with Crippen LogP contribution in [0, 0.1) is 3.57 Å². The second kappa shape index (κ2) is 5.46. The van der Waals surface area contributed by atoms with Crippen molar-refractivity contribution in [3.63, 3.8) is 0 Å². The maximum Gasteiger partial charge on any atom is 0.248 e. The van der Waals surface area contributed by atoms with Crippen molar-refractivity contribution in [1.29, 1.82) is 0 Å². The summed E-state index contributed by atoms with van der Waals surface area (Å²) in [6, 6.07) is 5.92. The van der Waals surface area contributed by atoms with Crippen molar-refractivity contribution in [2.45, 2.75) is 6.42 Å². The Bertz CT molecular complexity index is 503. The molecule has 3 nitrogen and oxygen atoms in total. The molecule has 0 saturated heterocycles. The monoisotopic (exact) mass is 412 g/mol. The molecule has 0 atom stereocenters. The molecule has 6 heteroatoms. The average Bonchev–Trinajstić information content (AvgIpc) is 2.71. The van der Waals surface area contributed by atoms with Gasteiger partial charge in [-0.15, -0.1) is 21.8 Å². The average molecular weight is 413 g/mol. The van der Waals surface area contributed by atoms with Gasteiger partial charge in [-0.1, -0.05) is 15.9 Å². The highest BCUT2D eigenvalue weighted by Crippen LogP contribution is 2.27. The van der Waals surface area contributed by atoms with Crippen LogP contribution in [0.25, 0.3) is 11.5 Å². The van der Waals surface area contributed by atoms with E-state index in [-0.39, 0.29) is 0 Å². The fourth-order valence-corrected chi connectivity index (χ4v) is 2.29. The highest BCUT2D eigenvalue weighted by molar-refractivity contribution is 14.1. The SMILES string of the molecule is ClCCc1nnc(-c2cc(Br)ccc2I)o1. The van der Waals surface area contributed by atoms with Gasteiger partial charge in [0.1, 0.15) is 0 Å². The van der Waals surface area contributed by atoms with E-state index in [1.807, 2.05) is 18.2 Å². The van der Waals surface area contributed by atoms with Gasteiger partial charge < -0.3 is 4.42 Å². The normalized spacial score (nSPS) is 10.7. The number of benzene rings is 1. The minimum absolute atomic E-state index is 0.483. The predicted octanol–water partition coefficient (Wildman–Crippen LogP) is 3.89. The highest BCUT2D eigenvalue weighted by atomic mass is 127. The van der Waals surface area contributed by atoms with Crippen molar-refractivity contribution in [2.24, 2.45) is 0 Å². The number of alkyl halides is 1. The van der Waals surface area contributed by atoms with Gasteiger partial charge in [-0.2, -0.15) is 0 Å². The van der Waals surface area contributed by atoms with Crippen LogP contribution >= 0.6 is 50.1 Å². The summed E-state index contributed by atoms with van der Waals surface area (Å²) in [4.78, 5) is 0. The molecule has 0 fully saturated rings. The molecule has 1 aromatic carbocycles. The van der Waals surface area contributed by atoms with Crippen LogP contribution in [0.4, 0.5) is 0 Å². The van der Waals surface area contributed by atoms with E-state index < -0.39 is 0 Å². The Hall–Kier alpha value is -0.140. The third-order valence-electron chi connectivity index (χ3n) is 1.93. The molecule has 0 radical (unpaired) electrons. The second-order valence-electron chi connectivity index (χ2n) is 3.06. The van der Waals surface area contributed by atoms with Gasteiger partial charge in [-0.25, -0.2) is 0 Å². The zero-order valence-electron chi connectivity index (χ0n) is 8.08. The number of hydrogen-bond acceptors (Lipinski definition) is 3. The topological polar surface area (TPSA) is 38.9 Å². The van der Waals surface area contributed by atoms with Crippen LogP contribution in [0.5, 0.6) is 0 Å². The van der Waals surface area contributed by atoms with E-state index in [9.17, 15) is 0 Å². The van der Waals surface area contributed by atoms with Crippen molar-refractivity contribution in [2.75, 3.05) is 5.88 Å². The summed E-state index contributed by atoms with van der Waals surface area (Å²) >= 11 is 11.3. The lowest BCUT2D eigenvalue weighted by Crippen LogP contribution is -1.84. The third kappa shape index (κ3) is 2.75. The van der Waals surface area contributed by atoms with Crippen LogP contribution in [-0.4, -0.2) is 16.1 Å². The van der Waals surface area contributed by atoms with Crippen molar-refractivity contribution in [3.8, 4) is 11.5 Å². The van der Waals surface area contributed by atoms with Crippen molar-refractivity contribution < 1.29 is 4.42 Å². The molecular weight excluding hydrogens is 406 g/mol. The smallest absolute Gasteiger partial charge is 0.248 e. The molecule has 0 amide bonds. The maximum absolute atomic E-state index is 5.61. The first-order valence-electron chi connectivity index (χ1n) is 4.54. The number of aromatic nitrogens is 2. The highest BCUT2D eigenvalue weighted by Gasteiger charge is 2.11. The largest absolute Gasteiger partial charge is 0.421 e. The van der Waals surface area contributed by atoms with Gasteiger partial charge in [-0.3, -0.25) is 0 Å². The molecule has 0 aliphatic heterocycles. The molecule has 0 saturated carbocycles. The van der Waals surface area contributed by atoms with E-state index in [1.54, 1.807) is 0 Å². The predicted molar refractivity (Wildman–Crippen MR) is 74.6 cm³/mol.